The number of carbonyl (C=O) groups is 1. The van der Waals surface area contributed by atoms with Gasteiger partial charge in [-0.15, -0.1) is 0 Å². The highest BCUT2D eigenvalue weighted by atomic mass is 79.9. The molecule has 1 aliphatic rings. The highest BCUT2D eigenvalue weighted by Gasteiger charge is 2.27. The maximum Gasteiger partial charge on any atom is 0.350 e. The largest absolute Gasteiger partial charge is 0.350 e. The summed E-state index contributed by atoms with van der Waals surface area (Å²) in [6, 6.07) is 5.29. The number of hydrogen-bond acceptors (Lipinski definition) is 3. The van der Waals surface area contributed by atoms with Crippen molar-refractivity contribution in [3.63, 3.8) is 0 Å². The third-order valence-corrected chi connectivity index (χ3v) is 3.50. The molecule has 5 N–H and O–H groups in total. The summed E-state index contributed by atoms with van der Waals surface area (Å²) in [6.45, 7) is 0. The molecule has 6 heteroatoms. The van der Waals surface area contributed by atoms with Crippen molar-refractivity contribution in [3.8, 4) is 0 Å². The first-order valence-electron chi connectivity index (χ1n) is 5.42. The van der Waals surface area contributed by atoms with E-state index in [9.17, 15) is 4.79 Å². The molecule has 0 aliphatic heterocycles. The molecule has 1 saturated carbocycles. The zero-order valence-corrected chi connectivity index (χ0v) is 10.9. The molecule has 0 unspecified atom stereocenters. The van der Waals surface area contributed by atoms with Crippen LogP contribution in [0, 0.1) is 0 Å². The Morgan fingerprint density at radius 3 is 2.76 bits per heavy atom. The molecule has 0 aromatic heterocycles. The van der Waals surface area contributed by atoms with Crippen LogP contribution in [0.3, 0.4) is 0 Å². The molecule has 5 nitrogen and oxygen atoms in total. The van der Waals surface area contributed by atoms with Gasteiger partial charge in [-0.25, -0.2) is 21.5 Å². The SMILES string of the molecule is NNC(=O)N(N)c1cccc(C2CC2)c1CBr. The number of nitrogens with one attached hydrogen (secondary N) is 1. The van der Waals surface area contributed by atoms with E-state index in [0.29, 0.717) is 16.9 Å². The summed E-state index contributed by atoms with van der Waals surface area (Å²) < 4.78 is 0. The van der Waals surface area contributed by atoms with Crippen molar-refractivity contribution in [2.24, 2.45) is 11.7 Å². The number of nitrogens with zero attached hydrogens (tertiary/aromatic N) is 1. The van der Waals surface area contributed by atoms with E-state index < -0.39 is 6.03 Å². The monoisotopic (exact) mass is 298 g/mol. The fourth-order valence-corrected chi connectivity index (χ4v) is 2.53. The zero-order valence-electron chi connectivity index (χ0n) is 9.32. The fourth-order valence-electron chi connectivity index (χ4n) is 1.92. The summed E-state index contributed by atoms with van der Waals surface area (Å²) in [6.07, 6.45) is 2.41. The number of alkyl halides is 1. The zero-order chi connectivity index (χ0) is 12.4. The van der Waals surface area contributed by atoms with Crippen molar-refractivity contribution < 1.29 is 4.79 Å². The summed E-state index contributed by atoms with van der Waals surface area (Å²) in [7, 11) is 0. The van der Waals surface area contributed by atoms with Crippen LogP contribution in [0.15, 0.2) is 18.2 Å². The summed E-state index contributed by atoms with van der Waals surface area (Å²) in [5, 5.41) is 1.71. The van der Waals surface area contributed by atoms with Gasteiger partial charge in [-0.3, -0.25) is 5.43 Å². The van der Waals surface area contributed by atoms with Gasteiger partial charge >= 0.3 is 6.03 Å². The third kappa shape index (κ3) is 2.43. The number of amides is 2. The Morgan fingerprint density at radius 2 is 2.24 bits per heavy atom. The van der Waals surface area contributed by atoms with Gasteiger partial charge in [-0.1, -0.05) is 28.1 Å². The molecule has 0 heterocycles. The summed E-state index contributed by atoms with van der Waals surface area (Å²) in [5.74, 6) is 11.4. The number of urea groups is 1. The molecule has 0 radical (unpaired) electrons. The summed E-state index contributed by atoms with van der Waals surface area (Å²) >= 11 is 3.45. The maximum atomic E-state index is 11.4. The van der Waals surface area contributed by atoms with Gasteiger partial charge in [0.15, 0.2) is 0 Å². The fraction of sp³-hybridized carbons (Fsp3) is 0.364. The Labute approximate surface area is 108 Å². The molecule has 1 aliphatic carbocycles. The van der Waals surface area contributed by atoms with Crippen LogP contribution in [0.2, 0.25) is 0 Å². The van der Waals surface area contributed by atoms with Gasteiger partial charge in [0.25, 0.3) is 0 Å². The lowest BCUT2D eigenvalue weighted by molar-refractivity contribution is 0.246. The minimum Gasteiger partial charge on any atom is -0.274 e. The topological polar surface area (TPSA) is 84.4 Å². The van der Waals surface area contributed by atoms with Crippen molar-refractivity contribution in [3.05, 3.63) is 29.3 Å². The van der Waals surface area contributed by atoms with Gasteiger partial charge < -0.3 is 0 Å². The van der Waals surface area contributed by atoms with Gasteiger partial charge in [-0.05, 0) is 36.0 Å². The van der Waals surface area contributed by atoms with Crippen LogP contribution in [0.5, 0.6) is 0 Å². The molecule has 0 saturated heterocycles. The quantitative estimate of drug-likeness (QED) is 0.344. The predicted octanol–water partition coefficient (Wildman–Crippen LogP) is 1.72. The molecule has 1 fully saturated rings. The average molecular weight is 299 g/mol. The third-order valence-electron chi connectivity index (χ3n) is 2.94. The van der Waals surface area contributed by atoms with E-state index in [1.54, 1.807) is 0 Å². The number of nitrogens with two attached hydrogens (primary N) is 2. The van der Waals surface area contributed by atoms with E-state index in [-0.39, 0.29) is 0 Å². The van der Waals surface area contributed by atoms with Crippen molar-refractivity contribution in [2.75, 3.05) is 5.01 Å². The number of carbonyl (C=O) groups excluding carboxylic acids is 1. The van der Waals surface area contributed by atoms with Crippen LogP contribution in [0.1, 0.15) is 29.9 Å². The molecule has 0 spiro atoms. The molecular weight excluding hydrogens is 284 g/mol. The van der Waals surface area contributed by atoms with E-state index in [1.807, 2.05) is 17.6 Å². The predicted molar refractivity (Wildman–Crippen MR) is 70.4 cm³/mol. The van der Waals surface area contributed by atoms with Crippen LogP contribution in [-0.4, -0.2) is 6.03 Å². The number of hydrogen-bond donors (Lipinski definition) is 3. The molecule has 1 aromatic carbocycles. The van der Waals surface area contributed by atoms with Crippen molar-refractivity contribution in [2.45, 2.75) is 24.1 Å². The number of halogens is 1. The second kappa shape index (κ2) is 5.03. The van der Waals surface area contributed by atoms with E-state index in [1.165, 1.54) is 18.4 Å². The molecular formula is C11H15BrN4O. The molecule has 2 amide bonds. The van der Waals surface area contributed by atoms with Crippen molar-refractivity contribution in [1.82, 2.24) is 5.43 Å². The normalized spacial score (nSPS) is 14.5. The maximum absolute atomic E-state index is 11.4. The summed E-state index contributed by atoms with van der Waals surface area (Å²) in [5.41, 5.74) is 5.03. The van der Waals surface area contributed by atoms with Crippen molar-refractivity contribution >= 4 is 27.6 Å². The minimum atomic E-state index is -0.528. The van der Waals surface area contributed by atoms with Crippen molar-refractivity contribution in [1.29, 1.82) is 0 Å². The first-order chi connectivity index (χ1) is 8.19. The summed E-state index contributed by atoms with van der Waals surface area (Å²) in [4.78, 5) is 11.4. The number of anilines is 1. The second-order valence-electron chi connectivity index (χ2n) is 4.07. The van der Waals surface area contributed by atoms with Crippen LogP contribution in [0.4, 0.5) is 10.5 Å². The van der Waals surface area contributed by atoms with E-state index in [0.717, 1.165) is 10.6 Å². The lowest BCUT2D eigenvalue weighted by atomic mass is 10.0. The molecule has 0 atom stereocenters. The lowest BCUT2D eigenvalue weighted by Crippen LogP contribution is -2.48. The van der Waals surface area contributed by atoms with Gasteiger partial charge in [0.05, 0.1) is 5.69 Å². The minimum absolute atomic E-state index is 0.528. The van der Waals surface area contributed by atoms with E-state index in [4.69, 9.17) is 11.7 Å². The number of benzene rings is 1. The Morgan fingerprint density at radius 1 is 1.53 bits per heavy atom. The number of hydrazine groups is 2. The molecule has 92 valence electrons. The molecule has 17 heavy (non-hydrogen) atoms. The molecule has 1 aromatic rings. The Bertz CT molecular complexity index is 433. The average Bonchev–Trinajstić information content (AvgIpc) is 3.20. The van der Waals surface area contributed by atoms with E-state index in [2.05, 4.69) is 22.0 Å². The highest BCUT2D eigenvalue weighted by molar-refractivity contribution is 9.08. The Kier molecular flexibility index (Phi) is 3.66. The Hall–Kier alpha value is -1.11. The molecule has 2 rings (SSSR count). The lowest BCUT2D eigenvalue weighted by Gasteiger charge is -2.20. The van der Waals surface area contributed by atoms with Crippen LogP contribution >= 0.6 is 15.9 Å². The first kappa shape index (κ1) is 12.3. The van der Waals surface area contributed by atoms with Gasteiger partial charge in [0.2, 0.25) is 0 Å². The number of rotatable bonds is 3. The molecule has 0 bridgehead atoms. The smallest absolute Gasteiger partial charge is 0.274 e. The van der Waals surface area contributed by atoms with Crippen LogP contribution in [0.25, 0.3) is 0 Å². The first-order valence-corrected chi connectivity index (χ1v) is 6.54. The Balaban J connectivity index is 2.38. The highest BCUT2D eigenvalue weighted by Crippen LogP contribution is 2.44. The van der Waals surface area contributed by atoms with Crippen LogP contribution < -0.4 is 22.1 Å². The second-order valence-corrected chi connectivity index (χ2v) is 4.63. The van der Waals surface area contributed by atoms with E-state index >= 15 is 0 Å². The van der Waals surface area contributed by atoms with Gasteiger partial charge in [0.1, 0.15) is 0 Å². The van der Waals surface area contributed by atoms with Gasteiger partial charge in [-0.2, -0.15) is 0 Å². The van der Waals surface area contributed by atoms with Crippen LogP contribution in [-0.2, 0) is 5.33 Å². The van der Waals surface area contributed by atoms with Gasteiger partial charge in [0, 0.05) is 5.33 Å². The standard InChI is InChI=1S/C11H15BrN4O/c12-6-9-8(7-4-5-7)2-1-3-10(9)16(14)11(17)15-13/h1-3,7H,4-6,13-14H2,(H,15,17).